The molecule has 1 fully saturated rings. The van der Waals surface area contributed by atoms with Crippen molar-refractivity contribution in [2.75, 3.05) is 25.4 Å². The maximum atomic E-state index is 12.4. The van der Waals surface area contributed by atoms with Crippen molar-refractivity contribution < 1.29 is 8.42 Å². The Morgan fingerprint density at radius 1 is 1.24 bits per heavy atom. The van der Waals surface area contributed by atoms with Gasteiger partial charge in [-0.25, -0.2) is 8.42 Å². The zero-order valence-corrected chi connectivity index (χ0v) is 13.8. The molecule has 1 aromatic carbocycles. The summed E-state index contributed by atoms with van der Waals surface area (Å²) in [5, 5.41) is 0. The summed E-state index contributed by atoms with van der Waals surface area (Å²) in [5.41, 5.74) is 6.78. The van der Waals surface area contributed by atoms with Crippen LogP contribution < -0.4 is 5.73 Å². The molecule has 1 aliphatic heterocycles. The minimum atomic E-state index is -3.20. The van der Waals surface area contributed by atoms with Crippen LogP contribution in [0.25, 0.3) is 0 Å². The zero-order valence-electron chi connectivity index (χ0n) is 13.0. The van der Waals surface area contributed by atoms with Crippen molar-refractivity contribution in [1.29, 1.82) is 0 Å². The Balaban J connectivity index is 1.97. The summed E-state index contributed by atoms with van der Waals surface area (Å²) in [6.45, 7) is 7.53. The zero-order chi connectivity index (χ0) is 15.5. The highest BCUT2D eigenvalue weighted by atomic mass is 32.2. The fraction of sp³-hybridized carbons (Fsp3) is 0.625. The molecule has 2 N–H and O–H groups in total. The number of benzene rings is 1. The van der Waals surface area contributed by atoms with Gasteiger partial charge >= 0.3 is 0 Å². The van der Waals surface area contributed by atoms with Gasteiger partial charge < -0.3 is 10.6 Å². The van der Waals surface area contributed by atoms with Crippen LogP contribution in [0.2, 0.25) is 0 Å². The van der Waals surface area contributed by atoms with Crippen LogP contribution in [0, 0.1) is 5.41 Å². The van der Waals surface area contributed by atoms with E-state index in [9.17, 15) is 8.42 Å². The van der Waals surface area contributed by atoms with E-state index in [0.717, 1.165) is 25.1 Å². The SMILES string of the molecule is CC1(C)CCCN(CCS(=O)(=O)c2ccc(CN)cc2)C1. The van der Waals surface area contributed by atoms with Gasteiger partial charge in [0, 0.05) is 19.6 Å². The highest BCUT2D eigenvalue weighted by Crippen LogP contribution is 2.28. The maximum Gasteiger partial charge on any atom is 0.179 e. The Kier molecular flexibility index (Phi) is 5.07. The van der Waals surface area contributed by atoms with E-state index < -0.39 is 9.84 Å². The second kappa shape index (κ2) is 6.46. The molecule has 118 valence electrons. The van der Waals surface area contributed by atoms with Crippen molar-refractivity contribution in [3.63, 3.8) is 0 Å². The Labute approximate surface area is 128 Å². The average molecular weight is 310 g/mol. The maximum absolute atomic E-state index is 12.4. The van der Waals surface area contributed by atoms with Gasteiger partial charge in [0.25, 0.3) is 0 Å². The number of nitrogens with zero attached hydrogens (tertiary/aromatic N) is 1. The van der Waals surface area contributed by atoms with Crippen LogP contribution in [0.1, 0.15) is 32.3 Å². The van der Waals surface area contributed by atoms with Gasteiger partial charge in [-0.15, -0.1) is 0 Å². The van der Waals surface area contributed by atoms with Crippen LogP contribution in [0.3, 0.4) is 0 Å². The fourth-order valence-corrected chi connectivity index (χ4v) is 4.22. The average Bonchev–Trinajstić information content (AvgIpc) is 2.44. The summed E-state index contributed by atoms with van der Waals surface area (Å²) in [7, 11) is -3.20. The molecule has 5 heteroatoms. The van der Waals surface area contributed by atoms with Crippen molar-refractivity contribution in [1.82, 2.24) is 4.90 Å². The monoisotopic (exact) mass is 310 g/mol. The first-order chi connectivity index (χ1) is 9.82. The molecule has 1 aromatic rings. The van der Waals surface area contributed by atoms with Crippen LogP contribution >= 0.6 is 0 Å². The molecule has 0 saturated carbocycles. The standard InChI is InChI=1S/C16H26N2O2S/c1-16(2)8-3-9-18(13-16)10-11-21(19,20)15-6-4-14(12-17)5-7-15/h4-7H,3,8-13,17H2,1-2H3. The lowest BCUT2D eigenvalue weighted by atomic mass is 9.84. The molecule has 0 aliphatic carbocycles. The van der Waals surface area contributed by atoms with E-state index in [1.807, 2.05) is 0 Å². The summed E-state index contributed by atoms with van der Waals surface area (Å²) in [4.78, 5) is 2.67. The van der Waals surface area contributed by atoms with Gasteiger partial charge in [0.1, 0.15) is 0 Å². The number of piperidine rings is 1. The molecule has 1 aliphatic rings. The molecule has 2 rings (SSSR count). The first-order valence-corrected chi connectivity index (χ1v) is 9.22. The quantitative estimate of drug-likeness (QED) is 0.904. The minimum Gasteiger partial charge on any atom is -0.326 e. The molecular formula is C16H26N2O2S. The Morgan fingerprint density at radius 2 is 1.90 bits per heavy atom. The lowest BCUT2D eigenvalue weighted by molar-refractivity contribution is 0.124. The number of rotatable bonds is 5. The second-order valence-electron chi connectivity index (χ2n) is 6.71. The molecule has 0 aromatic heterocycles. The van der Waals surface area contributed by atoms with Crippen molar-refractivity contribution in [2.45, 2.75) is 38.1 Å². The number of sulfone groups is 1. The van der Waals surface area contributed by atoms with Crippen LogP contribution in [0.15, 0.2) is 29.2 Å². The van der Waals surface area contributed by atoms with E-state index >= 15 is 0 Å². The summed E-state index contributed by atoms with van der Waals surface area (Å²) >= 11 is 0. The summed E-state index contributed by atoms with van der Waals surface area (Å²) < 4.78 is 24.8. The van der Waals surface area contributed by atoms with Gasteiger partial charge in [-0.1, -0.05) is 26.0 Å². The molecule has 0 radical (unpaired) electrons. The predicted octanol–water partition coefficient (Wildman–Crippen LogP) is 2.04. The van der Waals surface area contributed by atoms with Crippen molar-refractivity contribution in [2.24, 2.45) is 11.1 Å². The number of hydrogen-bond donors (Lipinski definition) is 1. The van der Waals surface area contributed by atoms with Crippen LogP contribution in [0.5, 0.6) is 0 Å². The highest BCUT2D eigenvalue weighted by molar-refractivity contribution is 7.91. The lowest BCUT2D eigenvalue weighted by Crippen LogP contribution is -2.42. The number of nitrogens with two attached hydrogens (primary N) is 1. The third-order valence-electron chi connectivity index (χ3n) is 4.17. The molecule has 4 nitrogen and oxygen atoms in total. The first kappa shape index (κ1) is 16.5. The number of hydrogen-bond acceptors (Lipinski definition) is 4. The Morgan fingerprint density at radius 3 is 2.48 bits per heavy atom. The molecular weight excluding hydrogens is 284 g/mol. The molecule has 0 spiro atoms. The smallest absolute Gasteiger partial charge is 0.179 e. The van der Waals surface area contributed by atoms with Crippen LogP contribution in [0.4, 0.5) is 0 Å². The van der Waals surface area contributed by atoms with Gasteiger partial charge in [-0.2, -0.15) is 0 Å². The van der Waals surface area contributed by atoms with Crippen molar-refractivity contribution in [3.05, 3.63) is 29.8 Å². The third kappa shape index (κ3) is 4.53. The molecule has 21 heavy (non-hydrogen) atoms. The minimum absolute atomic E-state index is 0.186. The van der Waals surface area contributed by atoms with E-state index in [-0.39, 0.29) is 5.75 Å². The van der Waals surface area contributed by atoms with E-state index in [1.165, 1.54) is 6.42 Å². The number of likely N-dealkylation sites (tertiary alicyclic amines) is 1. The molecule has 0 bridgehead atoms. The van der Waals surface area contributed by atoms with Gasteiger partial charge in [0.05, 0.1) is 10.6 Å². The van der Waals surface area contributed by atoms with E-state index in [0.29, 0.717) is 23.4 Å². The predicted molar refractivity (Wildman–Crippen MR) is 85.8 cm³/mol. The summed E-state index contributed by atoms with van der Waals surface area (Å²) in [5.74, 6) is 0.186. The van der Waals surface area contributed by atoms with Gasteiger partial charge in [-0.05, 0) is 42.5 Å². The highest BCUT2D eigenvalue weighted by Gasteiger charge is 2.27. The van der Waals surface area contributed by atoms with E-state index in [2.05, 4.69) is 18.7 Å². The first-order valence-electron chi connectivity index (χ1n) is 7.57. The Hall–Kier alpha value is -0.910. The van der Waals surface area contributed by atoms with Crippen LogP contribution in [-0.4, -0.2) is 38.7 Å². The van der Waals surface area contributed by atoms with Crippen molar-refractivity contribution in [3.8, 4) is 0 Å². The van der Waals surface area contributed by atoms with E-state index in [4.69, 9.17) is 5.73 Å². The topological polar surface area (TPSA) is 63.4 Å². The van der Waals surface area contributed by atoms with Gasteiger partial charge in [0.15, 0.2) is 9.84 Å². The molecule has 1 saturated heterocycles. The third-order valence-corrected chi connectivity index (χ3v) is 5.88. The molecule has 0 atom stereocenters. The normalized spacial score (nSPS) is 19.6. The van der Waals surface area contributed by atoms with Gasteiger partial charge in [0.2, 0.25) is 0 Å². The van der Waals surface area contributed by atoms with Crippen molar-refractivity contribution >= 4 is 9.84 Å². The molecule has 0 unspecified atom stereocenters. The Bertz CT molecular complexity index is 564. The second-order valence-corrected chi connectivity index (χ2v) is 8.82. The van der Waals surface area contributed by atoms with Crippen LogP contribution in [-0.2, 0) is 16.4 Å². The van der Waals surface area contributed by atoms with E-state index in [1.54, 1.807) is 24.3 Å². The molecule has 1 heterocycles. The molecule has 0 amide bonds. The summed E-state index contributed by atoms with van der Waals surface area (Å²) in [6, 6.07) is 6.91. The van der Waals surface area contributed by atoms with Gasteiger partial charge in [-0.3, -0.25) is 0 Å². The lowest BCUT2D eigenvalue weighted by Gasteiger charge is -2.37. The largest absolute Gasteiger partial charge is 0.326 e. The fourth-order valence-electron chi connectivity index (χ4n) is 2.94. The summed E-state index contributed by atoms with van der Waals surface area (Å²) in [6.07, 6.45) is 2.37.